The van der Waals surface area contributed by atoms with E-state index in [-0.39, 0.29) is 0 Å². The van der Waals surface area contributed by atoms with Gasteiger partial charge in [-0.3, -0.25) is 4.68 Å². The molecule has 0 bridgehead atoms. The molecule has 1 saturated heterocycles. The fourth-order valence-corrected chi connectivity index (χ4v) is 1.85. The van der Waals surface area contributed by atoms with Crippen LogP contribution in [-0.4, -0.2) is 29.5 Å². The zero-order chi connectivity index (χ0) is 9.38. The summed E-state index contributed by atoms with van der Waals surface area (Å²) >= 11 is 0. The van der Waals surface area contributed by atoms with Crippen molar-refractivity contribution in [2.75, 3.05) is 19.8 Å². The van der Waals surface area contributed by atoms with E-state index in [9.17, 15) is 0 Å². The Morgan fingerprint density at radius 2 is 2.43 bits per heavy atom. The van der Waals surface area contributed by atoms with Crippen molar-refractivity contribution in [1.29, 1.82) is 0 Å². The molecule has 1 aromatic rings. The molecule has 4 nitrogen and oxygen atoms in total. The Morgan fingerprint density at radius 1 is 1.50 bits per heavy atom. The molecule has 0 aromatic carbocycles. The first-order valence-electron chi connectivity index (χ1n) is 5.28. The highest BCUT2D eigenvalue weighted by atomic mass is 16.5. The zero-order valence-corrected chi connectivity index (χ0v) is 8.15. The van der Waals surface area contributed by atoms with E-state index in [2.05, 4.69) is 21.3 Å². The average molecular weight is 193 g/mol. The summed E-state index contributed by atoms with van der Waals surface area (Å²) in [6, 6.07) is 1.02. The van der Waals surface area contributed by atoms with Crippen LogP contribution in [0.25, 0.3) is 0 Å². The minimum absolute atomic E-state index is 0.344. The lowest BCUT2D eigenvalue weighted by atomic mass is 10.1. The standard InChI is InChI=1S/C10H15N3O/c1-2-9(1)13-6-8(5-12-13)10-7-14-4-3-11-10/h5-6,9-11H,1-4,7H2. The van der Waals surface area contributed by atoms with Crippen LogP contribution >= 0.6 is 0 Å². The van der Waals surface area contributed by atoms with Gasteiger partial charge in [0.15, 0.2) is 0 Å². The van der Waals surface area contributed by atoms with Gasteiger partial charge in [0.1, 0.15) is 0 Å². The molecule has 1 saturated carbocycles. The summed E-state index contributed by atoms with van der Waals surface area (Å²) in [6.45, 7) is 2.54. The third kappa shape index (κ3) is 1.55. The predicted octanol–water partition coefficient (Wildman–Crippen LogP) is 0.879. The second kappa shape index (κ2) is 3.37. The van der Waals surface area contributed by atoms with Crippen molar-refractivity contribution < 1.29 is 4.74 Å². The van der Waals surface area contributed by atoms with Gasteiger partial charge in [0.25, 0.3) is 0 Å². The second-order valence-electron chi connectivity index (χ2n) is 4.07. The van der Waals surface area contributed by atoms with E-state index in [0.29, 0.717) is 12.1 Å². The first kappa shape index (κ1) is 8.44. The van der Waals surface area contributed by atoms with Crippen LogP contribution in [-0.2, 0) is 4.74 Å². The summed E-state index contributed by atoms with van der Waals surface area (Å²) in [5.41, 5.74) is 1.26. The van der Waals surface area contributed by atoms with Crippen LogP contribution in [0.3, 0.4) is 0 Å². The number of morpholine rings is 1. The van der Waals surface area contributed by atoms with E-state index < -0.39 is 0 Å². The van der Waals surface area contributed by atoms with Crippen LogP contribution in [0.1, 0.15) is 30.5 Å². The molecule has 1 N–H and O–H groups in total. The average Bonchev–Trinajstić information content (AvgIpc) is 2.98. The SMILES string of the molecule is c1nn(C2CC2)cc1C1COCCN1. The van der Waals surface area contributed by atoms with Crippen LogP contribution in [0, 0.1) is 0 Å². The normalized spacial score (nSPS) is 27.9. The molecule has 76 valence electrons. The lowest BCUT2D eigenvalue weighted by Crippen LogP contribution is -2.34. The summed E-state index contributed by atoms with van der Waals surface area (Å²) in [6.07, 6.45) is 6.69. The van der Waals surface area contributed by atoms with E-state index in [1.165, 1.54) is 18.4 Å². The van der Waals surface area contributed by atoms with E-state index >= 15 is 0 Å². The van der Waals surface area contributed by atoms with Gasteiger partial charge in [-0.1, -0.05) is 0 Å². The Bertz CT molecular complexity index is 313. The molecule has 14 heavy (non-hydrogen) atoms. The maximum atomic E-state index is 5.42. The van der Waals surface area contributed by atoms with Crippen molar-refractivity contribution >= 4 is 0 Å². The predicted molar refractivity (Wildman–Crippen MR) is 52.1 cm³/mol. The Labute approximate surface area is 83.2 Å². The monoisotopic (exact) mass is 193 g/mol. The first-order valence-corrected chi connectivity index (χ1v) is 5.28. The van der Waals surface area contributed by atoms with Crippen molar-refractivity contribution in [1.82, 2.24) is 15.1 Å². The number of nitrogens with one attached hydrogen (secondary N) is 1. The lowest BCUT2D eigenvalue weighted by molar-refractivity contribution is 0.0768. The van der Waals surface area contributed by atoms with Gasteiger partial charge in [-0.25, -0.2) is 0 Å². The smallest absolute Gasteiger partial charge is 0.0663 e. The van der Waals surface area contributed by atoms with Gasteiger partial charge in [0.05, 0.1) is 31.5 Å². The second-order valence-corrected chi connectivity index (χ2v) is 4.07. The molecule has 1 aromatic heterocycles. The largest absolute Gasteiger partial charge is 0.378 e. The number of hydrogen-bond donors (Lipinski definition) is 1. The topological polar surface area (TPSA) is 39.1 Å². The number of rotatable bonds is 2. The summed E-state index contributed by atoms with van der Waals surface area (Å²) < 4.78 is 7.51. The fourth-order valence-electron chi connectivity index (χ4n) is 1.85. The molecular weight excluding hydrogens is 178 g/mol. The van der Waals surface area contributed by atoms with Crippen LogP contribution in [0.2, 0.25) is 0 Å². The summed E-state index contributed by atoms with van der Waals surface area (Å²) in [7, 11) is 0. The van der Waals surface area contributed by atoms with Crippen LogP contribution in [0.15, 0.2) is 12.4 Å². The van der Waals surface area contributed by atoms with E-state index in [1.807, 2.05) is 6.20 Å². The van der Waals surface area contributed by atoms with E-state index in [1.54, 1.807) is 0 Å². The first-order chi connectivity index (χ1) is 6.93. The van der Waals surface area contributed by atoms with Crippen molar-refractivity contribution in [2.45, 2.75) is 24.9 Å². The molecular formula is C10H15N3O. The zero-order valence-electron chi connectivity index (χ0n) is 8.15. The maximum Gasteiger partial charge on any atom is 0.0663 e. The van der Waals surface area contributed by atoms with Crippen molar-refractivity contribution in [2.24, 2.45) is 0 Å². The molecule has 2 heterocycles. The maximum absolute atomic E-state index is 5.42. The van der Waals surface area contributed by atoms with Gasteiger partial charge >= 0.3 is 0 Å². The van der Waals surface area contributed by atoms with Gasteiger partial charge in [0, 0.05) is 18.3 Å². The molecule has 0 radical (unpaired) electrons. The van der Waals surface area contributed by atoms with Crippen LogP contribution in [0.5, 0.6) is 0 Å². The molecule has 2 aliphatic rings. The lowest BCUT2D eigenvalue weighted by Gasteiger charge is -2.22. The molecule has 1 aliphatic carbocycles. The summed E-state index contributed by atoms with van der Waals surface area (Å²) in [5.74, 6) is 0. The van der Waals surface area contributed by atoms with E-state index in [0.717, 1.165) is 19.8 Å². The van der Waals surface area contributed by atoms with Crippen molar-refractivity contribution in [3.05, 3.63) is 18.0 Å². The minimum atomic E-state index is 0.344. The van der Waals surface area contributed by atoms with Crippen LogP contribution < -0.4 is 5.32 Å². The Morgan fingerprint density at radius 3 is 3.14 bits per heavy atom. The summed E-state index contributed by atoms with van der Waals surface area (Å²) in [5, 5.41) is 7.80. The third-order valence-electron chi connectivity index (χ3n) is 2.87. The van der Waals surface area contributed by atoms with Crippen molar-refractivity contribution in [3.8, 4) is 0 Å². The van der Waals surface area contributed by atoms with Gasteiger partial charge in [0.2, 0.25) is 0 Å². The van der Waals surface area contributed by atoms with Crippen LogP contribution in [0.4, 0.5) is 0 Å². The minimum Gasteiger partial charge on any atom is -0.378 e. The van der Waals surface area contributed by atoms with E-state index in [4.69, 9.17) is 4.74 Å². The molecule has 3 rings (SSSR count). The Balaban J connectivity index is 1.74. The van der Waals surface area contributed by atoms with Gasteiger partial charge in [-0.2, -0.15) is 5.10 Å². The van der Waals surface area contributed by atoms with Gasteiger partial charge < -0.3 is 10.1 Å². The highest BCUT2D eigenvalue weighted by molar-refractivity contribution is 5.12. The summed E-state index contributed by atoms with van der Waals surface area (Å²) in [4.78, 5) is 0. The number of ether oxygens (including phenoxy) is 1. The fraction of sp³-hybridized carbons (Fsp3) is 0.700. The highest BCUT2D eigenvalue weighted by Crippen LogP contribution is 2.34. The third-order valence-corrected chi connectivity index (χ3v) is 2.87. The molecule has 1 unspecified atom stereocenters. The highest BCUT2D eigenvalue weighted by Gasteiger charge is 2.25. The number of hydrogen-bond acceptors (Lipinski definition) is 3. The quantitative estimate of drug-likeness (QED) is 0.757. The molecule has 0 spiro atoms. The Kier molecular flexibility index (Phi) is 2.03. The van der Waals surface area contributed by atoms with Gasteiger partial charge in [-0.05, 0) is 12.8 Å². The van der Waals surface area contributed by atoms with Gasteiger partial charge in [-0.15, -0.1) is 0 Å². The molecule has 1 atom stereocenters. The molecule has 0 amide bonds. The van der Waals surface area contributed by atoms with Crippen molar-refractivity contribution in [3.63, 3.8) is 0 Å². The molecule has 1 aliphatic heterocycles. The number of aromatic nitrogens is 2. The Hall–Kier alpha value is -0.870. The number of nitrogens with zero attached hydrogens (tertiary/aromatic N) is 2. The molecule has 2 fully saturated rings. The molecule has 4 heteroatoms.